The topological polar surface area (TPSA) is 87.9 Å². The van der Waals surface area contributed by atoms with Gasteiger partial charge in [-0.15, -0.1) is 0 Å². The van der Waals surface area contributed by atoms with Gasteiger partial charge in [-0.2, -0.15) is 5.10 Å². The van der Waals surface area contributed by atoms with Crippen molar-refractivity contribution in [2.24, 2.45) is 0 Å². The van der Waals surface area contributed by atoms with Crippen LogP contribution in [0.1, 0.15) is 42.5 Å². The van der Waals surface area contributed by atoms with Gasteiger partial charge in [-0.1, -0.05) is 0 Å². The molecular weight excluding hydrogens is 288 g/mol. The fourth-order valence-electron chi connectivity index (χ4n) is 3.16. The summed E-state index contributed by atoms with van der Waals surface area (Å²) in [5.74, 6) is -0.292. The zero-order valence-corrected chi connectivity index (χ0v) is 13.2. The van der Waals surface area contributed by atoms with Crippen molar-refractivity contribution >= 4 is 12.0 Å². The molecule has 2 aliphatic rings. The first kappa shape index (κ1) is 14.8. The molecular formula is C14H20N4O4. The molecule has 2 aliphatic heterocycles. The van der Waals surface area contributed by atoms with Crippen molar-refractivity contribution < 1.29 is 19.5 Å². The summed E-state index contributed by atoms with van der Waals surface area (Å²) in [6.45, 7) is 6.24. The normalized spacial score (nSPS) is 23.8. The van der Waals surface area contributed by atoms with E-state index in [1.165, 1.54) is 9.96 Å². The lowest BCUT2D eigenvalue weighted by Gasteiger charge is -2.31. The fraction of sp³-hybridized carbons (Fsp3) is 0.643. The molecule has 2 amide bonds. The number of hydroxylamine groups is 2. The molecule has 1 aromatic rings. The highest BCUT2D eigenvalue weighted by molar-refractivity contribution is 5.94. The highest BCUT2D eigenvalue weighted by atomic mass is 16.7. The molecule has 0 aliphatic carbocycles. The molecule has 1 aromatic heterocycles. The highest BCUT2D eigenvalue weighted by Gasteiger charge is 2.39. The molecule has 0 spiro atoms. The Hall–Kier alpha value is -2.09. The Morgan fingerprint density at radius 3 is 2.77 bits per heavy atom. The van der Waals surface area contributed by atoms with Crippen LogP contribution in [0, 0.1) is 0 Å². The Labute approximate surface area is 128 Å². The molecule has 0 saturated carbocycles. The first-order valence-corrected chi connectivity index (χ1v) is 7.25. The van der Waals surface area contributed by atoms with E-state index in [-0.39, 0.29) is 18.5 Å². The summed E-state index contributed by atoms with van der Waals surface area (Å²) >= 11 is 0. The van der Waals surface area contributed by atoms with Crippen LogP contribution < -0.4 is 0 Å². The monoisotopic (exact) mass is 308 g/mol. The second-order valence-corrected chi connectivity index (χ2v) is 6.55. The highest BCUT2D eigenvalue weighted by Crippen LogP contribution is 2.30. The number of nitrogens with zero attached hydrogens (tertiary/aromatic N) is 4. The van der Waals surface area contributed by atoms with E-state index in [0.717, 1.165) is 5.69 Å². The fourth-order valence-corrected chi connectivity index (χ4v) is 3.16. The molecule has 0 bridgehead atoms. The molecule has 3 heterocycles. The van der Waals surface area contributed by atoms with Gasteiger partial charge in [0.1, 0.15) is 11.3 Å². The number of carbonyl (C=O) groups excluding carboxylic acids is 1. The third-order valence-corrected chi connectivity index (χ3v) is 4.13. The lowest BCUT2D eigenvalue weighted by Crippen LogP contribution is -2.42. The molecule has 0 radical (unpaired) electrons. The van der Waals surface area contributed by atoms with Crippen LogP contribution in [0.3, 0.4) is 0 Å². The van der Waals surface area contributed by atoms with Crippen LogP contribution in [0.15, 0.2) is 0 Å². The minimum atomic E-state index is -0.982. The minimum absolute atomic E-state index is 0.152. The van der Waals surface area contributed by atoms with Crippen molar-refractivity contribution in [2.75, 3.05) is 7.05 Å². The first-order valence-electron chi connectivity index (χ1n) is 7.25. The Bertz CT molecular complexity index is 652. The molecule has 22 heavy (non-hydrogen) atoms. The number of amides is 2. The van der Waals surface area contributed by atoms with E-state index in [9.17, 15) is 14.7 Å². The van der Waals surface area contributed by atoms with Gasteiger partial charge >= 0.3 is 6.09 Å². The van der Waals surface area contributed by atoms with E-state index < -0.39 is 11.7 Å². The predicted octanol–water partition coefficient (Wildman–Crippen LogP) is 1.10. The molecule has 0 aromatic carbocycles. The summed E-state index contributed by atoms with van der Waals surface area (Å²) in [5.41, 5.74) is 1.36. The smallest absolute Gasteiger partial charge is 0.407 e. The van der Waals surface area contributed by atoms with Crippen LogP contribution in [-0.2, 0) is 24.3 Å². The molecule has 120 valence electrons. The van der Waals surface area contributed by atoms with Gasteiger partial charge in [0.15, 0.2) is 0 Å². The van der Waals surface area contributed by atoms with Gasteiger partial charge in [0.25, 0.3) is 5.91 Å². The van der Waals surface area contributed by atoms with Crippen molar-refractivity contribution in [1.29, 1.82) is 0 Å². The van der Waals surface area contributed by atoms with Crippen LogP contribution in [-0.4, -0.2) is 55.5 Å². The minimum Gasteiger partial charge on any atom is -0.465 e. The van der Waals surface area contributed by atoms with Crippen LogP contribution in [0.2, 0.25) is 0 Å². The van der Waals surface area contributed by atoms with Gasteiger partial charge in [0.05, 0.1) is 18.8 Å². The number of hydrogen-bond donors (Lipinski definition) is 1. The molecule has 0 unspecified atom stereocenters. The lowest BCUT2D eigenvalue weighted by molar-refractivity contribution is -0.190. The Morgan fingerprint density at radius 2 is 2.14 bits per heavy atom. The lowest BCUT2D eigenvalue weighted by atomic mass is 10.00. The second kappa shape index (κ2) is 4.70. The third kappa shape index (κ3) is 2.23. The van der Waals surface area contributed by atoms with Gasteiger partial charge < -0.3 is 10.0 Å². The largest absolute Gasteiger partial charge is 0.465 e. The van der Waals surface area contributed by atoms with Gasteiger partial charge in [0, 0.05) is 25.1 Å². The van der Waals surface area contributed by atoms with Crippen LogP contribution in [0.4, 0.5) is 4.79 Å². The van der Waals surface area contributed by atoms with Gasteiger partial charge in [-0.3, -0.25) is 14.3 Å². The summed E-state index contributed by atoms with van der Waals surface area (Å²) in [6, 6.07) is -0.152. The number of aromatic nitrogens is 2. The van der Waals surface area contributed by atoms with Crippen molar-refractivity contribution in [1.82, 2.24) is 19.7 Å². The average molecular weight is 308 g/mol. The maximum Gasteiger partial charge on any atom is 0.407 e. The second-order valence-electron chi connectivity index (χ2n) is 6.55. The molecule has 1 N–H and O–H groups in total. The van der Waals surface area contributed by atoms with Crippen LogP contribution in [0.5, 0.6) is 0 Å². The molecule has 8 nitrogen and oxygen atoms in total. The molecule has 0 saturated heterocycles. The Balaban J connectivity index is 2.09. The van der Waals surface area contributed by atoms with Crippen molar-refractivity contribution in [2.45, 2.75) is 51.9 Å². The number of carbonyl (C=O) groups is 2. The summed E-state index contributed by atoms with van der Waals surface area (Å²) in [7, 11) is 1.57. The van der Waals surface area contributed by atoms with Crippen LogP contribution >= 0.6 is 0 Å². The van der Waals surface area contributed by atoms with Gasteiger partial charge in [-0.25, -0.2) is 9.86 Å². The Morgan fingerprint density at radius 1 is 1.45 bits per heavy atom. The van der Waals surface area contributed by atoms with Crippen molar-refractivity contribution in [3.8, 4) is 0 Å². The Kier molecular flexibility index (Phi) is 3.17. The molecule has 0 fully saturated rings. The number of rotatable bonds is 0. The zero-order valence-electron chi connectivity index (χ0n) is 13.2. The SMILES string of the molecule is C[C@@H]1Cc2nn3c(c2CN1C(=O)O)C(=O)N(C)OC(C)(C)C3. The summed E-state index contributed by atoms with van der Waals surface area (Å²) in [5, 5.41) is 15.1. The quantitative estimate of drug-likeness (QED) is 0.775. The first-order chi connectivity index (χ1) is 10.2. The van der Waals surface area contributed by atoms with Gasteiger partial charge in [-0.05, 0) is 20.8 Å². The molecule has 3 rings (SSSR count). The molecule has 8 heteroatoms. The van der Waals surface area contributed by atoms with E-state index in [1.807, 2.05) is 20.8 Å². The van der Waals surface area contributed by atoms with E-state index in [2.05, 4.69) is 5.10 Å². The van der Waals surface area contributed by atoms with Crippen molar-refractivity contribution in [3.63, 3.8) is 0 Å². The summed E-state index contributed by atoms with van der Waals surface area (Å²) < 4.78 is 1.66. The zero-order chi connectivity index (χ0) is 16.2. The third-order valence-electron chi connectivity index (χ3n) is 4.13. The summed E-state index contributed by atoms with van der Waals surface area (Å²) in [6.07, 6.45) is -0.469. The van der Waals surface area contributed by atoms with Gasteiger partial charge in [0.2, 0.25) is 0 Å². The van der Waals surface area contributed by atoms with E-state index in [0.29, 0.717) is 24.2 Å². The summed E-state index contributed by atoms with van der Waals surface area (Å²) in [4.78, 5) is 30.9. The number of carboxylic acid groups (broad SMARTS) is 1. The van der Waals surface area contributed by atoms with Crippen LogP contribution in [0.25, 0.3) is 0 Å². The average Bonchev–Trinajstić information content (AvgIpc) is 2.67. The van der Waals surface area contributed by atoms with E-state index in [1.54, 1.807) is 11.7 Å². The maximum atomic E-state index is 12.6. The van der Waals surface area contributed by atoms with E-state index in [4.69, 9.17) is 4.84 Å². The maximum absolute atomic E-state index is 12.6. The predicted molar refractivity (Wildman–Crippen MR) is 76.2 cm³/mol. The standard InChI is InChI=1S/C14H20N4O4/c1-8-5-10-9(6-17(8)13(20)21)11-12(19)16(4)22-14(2,3)7-18(11)15-10/h8H,5-7H2,1-4H3,(H,20,21)/t8-/m1/s1. The molecule has 1 atom stereocenters. The number of fused-ring (bicyclic) bond motifs is 3. The van der Waals surface area contributed by atoms with Crippen molar-refractivity contribution in [3.05, 3.63) is 17.0 Å². The van der Waals surface area contributed by atoms with E-state index >= 15 is 0 Å². The number of hydrogen-bond acceptors (Lipinski definition) is 4.